The highest BCUT2D eigenvalue weighted by Crippen LogP contribution is 2.24. The zero-order valence-corrected chi connectivity index (χ0v) is 19.2. The Morgan fingerprint density at radius 3 is 2.00 bits per heavy atom. The van der Waals surface area contributed by atoms with Crippen LogP contribution in [0.3, 0.4) is 0 Å². The molecule has 168 valence electrons. The summed E-state index contributed by atoms with van der Waals surface area (Å²) in [5.74, 6) is 0.644. The van der Waals surface area contributed by atoms with E-state index in [0.717, 1.165) is 12.0 Å². The number of carbonyl (C=O) groups excluding carboxylic acids is 1. The molecule has 3 rings (SSSR count). The molecule has 0 spiro atoms. The second-order valence-electron chi connectivity index (χ2n) is 8.73. The number of nitrogens with zero attached hydrogens (tertiary/aromatic N) is 4. The molecule has 1 aromatic heterocycles. The van der Waals surface area contributed by atoms with Crippen LogP contribution < -0.4 is 16.1 Å². The first kappa shape index (κ1) is 22.8. The second-order valence-corrected chi connectivity index (χ2v) is 8.73. The molecule has 0 bridgehead atoms. The molecule has 2 aromatic rings. The van der Waals surface area contributed by atoms with Crippen molar-refractivity contribution in [2.75, 3.05) is 31.1 Å². The number of rotatable bonds is 6. The van der Waals surface area contributed by atoms with E-state index in [9.17, 15) is 14.4 Å². The lowest BCUT2D eigenvalue weighted by Crippen LogP contribution is -2.52. The fourth-order valence-electron chi connectivity index (χ4n) is 4.38. The quantitative estimate of drug-likeness (QED) is 0.712. The maximum absolute atomic E-state index is 13.2. The van der Waals surface area contributed by atoms with Crippen molar-refractivity contribution in [2.45, 2.75) is 59.0 Å². The Kier molecular flexibility index (Phi) is 7.03. The Morgan fingerprint density at radius 1 is 0.903 bits per heavy atom. The third-order valence-corrected chi connectivity index (χ3v) is 6.01. The van der Waals surface area contributed by atoms with Crippen molar-refractivity contribution in [3.8, 4) is 0 Å². The first-order chi connectivity index (χ1) is 14.8. The van der Waals surface area contributed by atoms with E-state index in [2.05, 4.69) is 4.90 Å². The Morgan fingerprint density at radius 2 is 1.48 bits per heavy atom. The SMILES string of the molecule is CC[C@@H](C(=O)N1CCN(c2cc(=O)n(C(C)C)c(=O)n2C(C)C)CC1)c1ccccc1. The van der Waals surface area contributed by atoms with Crippen LogP contribution in [-0.4, -0.2) is 46.1 Å². The molecule has 1 aliphatic rings. The summed E-state index contributed by atoms with van der Waals surface area (Å²) >= 11 is 0. The topological polar surface area (TPSA) is 67.6 Å². The Bertz CT molecular complexity index is 1020. The van der Waals surface area contributed by atoms with Crippen molar-refractivity contribution in [1.29, 1.82) is 0 Å². The van der Waals surface area contributed by atoms with Gasteiger partial charge in [0.15, 0.2) is 0 Å². The summed E-state index contributed by atoms with van der Waals surface area (Å²) in [6, 6.07) is 11.2. The van der Waals surface area contributed by atoms with Gasteiger partial charge in [0.1, 0.15) is 5.82 Å². The van der Waals surface area contributed by atoms with Crippen LogP contribution in [0, 0.1) is 0 Å². The number of carbonyl (C=O) groups is 1. The van der Waals surface area contributed by atoms with Gasteiger partial charge in [-0.25, -0.2) is 4.79 Å². The summed E-state index contributed by atoms with van der Waals surface area (Å²) in [4.78, 5) is 42.8. The van der Waals surface area contributed by atoms with E-state index in [1.165, 1.54) is 4.57 Å². The smallest absolute Gasteiger partial charge is 0.333 e. The van der Waals surface area contributed by atoms with E-state index in [-0.39, 0.29) is 35.2 Å². The van der Waals surface area contributed by atoms with Crippen LogP contribution in [0.15, 0.2) is 46.0 Å². The minimum Gasteiger partial charge on any atom is -0.354 e. The van der Waals surface area contributed by atoms with Crippen molar-refractivity contribution in [2.24, 2.45) is 0 Å². The largest absolute Gasteiger partial charge is 0.354 e. The van der Waals surface area contributed by atoms with Crippen molar-refractivity contribution in [1.82, 2.24) is 14.0 Å². The average Bonchev–Trinajstić information content (AvgIpc) is 2.74. The molecule has 0 aliphatic carbocycles. The number of benzene rings is 1. The molecule has 7 nitrogen and oxygen atoms in total. The van der Waals surface area contributed by atoms with Crippen LogP contribution >= 0.6 is 0 Å². The van der Waals surface area contributed by atoms with Crippen molar-refractivity contribution in [3.63, 3.8) is 0 Å². The number of hydrogen-bond acceptors (Lipinski definition) is 4. The maximum Gasteiger partial charge on any atom is 0.333 e. The van der Waals surface area contributed by atoms with Crippen LogP contribution in [0.5, 0.6) is 0 Å². The van der Waals surface area contributed by atoms with Gasteiger partial charge >= 0.3 is 5.69 Å². The predicted octanol–water partition coefficient (Wildman–Crippen LogP) is 3.01. The summed E-state index contributed by atoms with van der Waals surface area (Å²) in [6.07, 6.45) is 0.753. The highest BCUT2D eigenvalue weighted by atomic mass is 16.2. The fourth-order valence-corrected chi connectivity index (χ4v) is 4.38. The number of aromatic nitrogens is 2. The van der Waals surface area contributed by atoms with Crippen LogP contribution in [0.1, 0.15) is 64.6 Å². The van der Waals surface area contributed by atoms with Crippen molar-refractivity contribution >= 4 is 11.7 Å². The van der Waals surface area contributed by atoms with Gasteiger partial charge in [0.25, 0.3) is 5.56 Å². The molecular weight excluding hydrogens is 392 g/mol. The van der Waals surface area contributed by atoms with E-state index >= 15 is 0 Å². The summed E-state index contributed by atoms with van der Waals surface area (Å²) in [7, 11) is 0. The molecule has 0 saturated carbocycles. The Hall–Kier alpha value is -2.83. The lowest BCUT2D eigenvalue weighted by molar-refractivity contribution is -0.133. The van der Waals surface area contributed by atoms with Gasteiger partial charge in [-0.15, -0.1) is 0 Å². The molecule has 0 unspecified atom stereocenters. The predicted molar refractivity (Wildman–Crippen MR) is 124 cm³/mol. The molecule has 1 aromatic carbocycles. The van der Waals surface area contributed by atoms with Gasteiger partial charge in [-0.2, -0.15) is 0 Å². The molecular formula is C24H34N4O3. The van der Waals surface area contributed by atoms with E-state index in [0.29, 0.717) is 32.0 Å². The van der Waals surface area contributed by atoms with Gasteiger partial charge in [-0.05, 0) is 39.7 Å². The minimum absolute atomic E-state index is 0.0738. The van der Waals surface area contributed by atoms with Crippen LogP contribution in [-0.2, 0) is 4.79 Å². The molecule has 1 aliphatic heterocycles. The molecule has 1 fully saturated rings. The van der Waals surface area contributed by atoms with Crippen molar-refractivity contribution < 1.29 is 4.79 Å². The Labute approximate surface area is 183 Å². The van der Waals surface area contributed by atoms with E-state index in [4.69, 9.17) is 0 Å². The molecule has 1 atom stereocenters. The van der Waals surface area contributed by atoms with Gasteiger partial charge < -0.3 is 9.80 Å². The first-order valence-electron chi connectivity index (χ1n) is 11.2. The van der Waals surface area contributed by atoms with Gasteiger partial charge in [0.05, 0.1) is 5.92 Å². The summed E-state index contributed by atoms with van der Waals surface area (Å²) in [5.41, 5.74) is 0.491. The van der Waals surface area contributed by atoms with Gasteiger partial charge in [0.2, 0.25) is 5.91 Å². The second kappa shape index (κ2) is 9.54. The normalized spacial score (nSPS) is 15.6. The third kappa shape index (κ3) is 4.60. The lowest BCUT2D eigenvalue weighted by atomic mass is 9.95. The number of amides is 1. The van der Waals surface area contributed by atoms with E-state index in [1.807, 2.05) is 69.9 Å². The first-order valence-corrected chi connectivity index (χ1v) is 11.2. The molecule has 0 radical (unpaired) electrons. The molecule has 0 N–H and O–H groups in total. The van der Waals surface area contributed by atoms with Crippen LogP contribution in [0.4, 0.5) is 5.82 Å². The molecule has 2 heterocycles. The van der Waals surface area contributed by atoms with Crippen LogP contribution in [0.2, 0.25) is 0 Å². The maximum atomic E-state index is 13.2. The number of anilines is 1. The molecule has 1 amide bonds. The fraction of sp³-hybridized carbons (Fsp3) is 0.542. The highest BCUT2D eigenvalue weighted by molar-refractivity contribution is 5.84. The van der Waals surface area contributed by atoms with Crippen LogP contribution in [0.25, 0.3) is 0 Å². The summed E-state index contributed by atoms with van der Waals surface area (Å²) in [5, 5.41) is 0. The lowest BCUT2D eigenvalue weighted by Gasteiger charge is -2.38. The molecule has 1 saturated heterocycles. The summed E-state index contributed by atoms with van der Waals surface area (Å²) in [6.45, 7) is 11.9. The van der Waals surface area contributed by atoms with Gasteiger partial charge in [-0.1, -0.05) is 37.3 Å². The monoisotopic (exact) mass is 426 g/mol. The number of hydrogen-bond donors (Lipinski definition) is 0. The van der Waals surface area contributed by atoms with E-state index < -0.39 is 0 Å². The van der Waals surface area contributed by atoms with E-state index in [1.54, 1.807) is 10.6 Å². The van der Waals surface area contributed by atoms with Crippen molar-refractivity contribution in [3.05, 3.63) is 62.8 Å². The van der Waals surface area contributed by atoms with Gasteiger partial charge in [-0.3, -0.25) is 18.7 Å². The number of piperazine rings is 1. The Balaban J connectivity index is 1.82. The zero-order chi connectivity index (χ0) is 22.7. The third-order valence-electron chi connectivity index (χ3n) is 6.01. The summed E-state index contributed by atoms with van der Waals surface area (Å²) < 4.78 is 2.99. The minimum atomic E-state index is -0.277. The highest BCUT2D eigenvalue weighted by Gasteiger charge is 2.29. The zero-order valence-electron chi connectivity index (χ0n) is 19.2. The molecule has 7 heteroatoms. The molecule has 31 heavy (non-hydrogen) atoms. The standard InChI is InChI=1S/C24H34N4O3/c1-6-20(19-10-8-7-9-11-19)23(30)26-14-12-25(13-15-26)21-16-22(29)28(18(4)5)24(31)27(21)17(2)3/h7-11,16-18,20H,6,12-15H2,1-5H3/t20-/m1/s1. The average molecular weight is 427 g/mol. The van der Waals surface area contributed by atoms with Gasteiger partial charge in [0, 0.05) is 44.3 Å².